The average Bonchev–Trinajstić information content (AvgIpc) is 2.84. The van der Waals surface area contributed by atoms with Crippen molar-refractivity contribution in [2.75, 3.05) is 31.2 Å². The predicted molar refractivity (Wildman–Crippen MR) is 126 cm³/mol. The molecule has 4 rings (SSSR count). The Morgan fingerprint density at radius 3 is 2.64 bits per heavy atom. The van der Waals surface area contributed by atoms with Crippen LogP contribution in [0.15, 0.2) is 64.5 Å². The first-order valence-electron chi connectivity index (χ1n) is 11.2. The van der Waals surface area contributed by atoms with Crippen molar-refractivity contribution >= 4 is 32.4 Å². The Labute approximate surface area is 194 Å². The number of hydrogen-bond donors (Lipinski definition) is 0. The van der Waals surface area contributed by atoms with Crippen LogP contribution in [0, 0.1) is 5.92 Å². The lowest BCUT2D eigenvalue weighted by Crippen LogP contribution is -2.40. The van der Waals surface area contributed by atoms with Crippen molar-refractivity contribution in [3.8, 4) is 5.75 Å². The fourth-order valence-electron chi connectivity index (χ4n) is 4.28. The van der Waals surface area contributed by atoms with Crippen molar-refractivity contribution in [2.24, 2.45) is 5.92 Å². The van der Waals surface area contributed by atoms with E-state index in [1.807, 2.05) is 30.0 Å². The Morgan fingerprint density at radius 1 is 1.12 bits per heavy atom. The lowest BCUT2D eigenvalue weighted by molar-refractivity contribution is -0.148. The largest absolute Gasteiger partial charge is 0.494 e. The molecule has 1 saturated heterocycles. The molecular weight excluding hydrogens is 440 g/mol. The van der Waals surface area contributed by atoms with E-state index in [-0.39, 0.29) is 21.7 Å². The molecule has 0 spiro atoms. The number of esters is 1. The Balaban J connectivity index is 1.90. The monoisotopic (exact) mass is 468 g/mol. The fraction of sp³-hybridized carbons (Fsp3) is 0.360. The second kappa shape index (κ2) is 9.79. The molecule has 0 N–H and O–H groups in total. The van der Waals surface area contributed by atoms with E-state index in [0.29, 0.717) is 55.1 Å². The van der Waals surface area contributed by atoms with Crippen molar-refractivity contribution in [1.82, 2.24) is 4.98 Å². The van der Waals surface area contributed by atoms with Crippen LogP contribution in [0.5, 0.6) is 5.75 Å². The zero-order chi connectivity index (χ0) is 23.4. The van der Waals surface area contributed by atoms with Crippen LogP contribution in [-0.2, 0) is 19.4 Å². The number of pyridine rings is 1. The topological polar surface area (TPSA) is 85.8 Å². The molecular formula is C25H28N2O5S. The summed E-state index contributed by atoms with van der Waals surface area (Å²) in [5, 5.41) is 0.683. The van der Waals surface area contributed by atoms with Gasteiger partial charge < -0.3 is 14.4 Å². The Kier molecular flexibility index (Phi) is 6.83. The number of ether oxygens (including phenoxy) is 2. The van der Waals surface area contributed by atoms with Gasteiger partial charge in [0.25, 0.3) is 0 Å². The standard InChI is InChI=1S/C25H28N2O5S/c1-3-31-19-12-13-22-21(15-19)24(27-14-8-9-18(17-27)25(28)32-4-2)23(16-26-22)33(29,30)20-10-6-5-7-11-20/h5-7,10-13,15-16,18H,3-4,8-9,14,17H2,1-2H3. The van der Waals surface area contributed by atoms with Crippen molar-refractivity contribution in [1.29, 1.82) is 0 Å². The molecule has 1 atom stereocenters. The number of carbonyl (C=O) groups is 1. The summed E-state index contributed by atoms with van der Waals surface area (Å²) in [4.78, 5) is 19.3. The van der Waals surface area contributed by atoms with Gasteiger partial charge in [-0.1, -0.05) is 18.2 Å². The number of fused-ring (bicyclic) bond motifs is 1. The predicted octanol–water partition coefficient (Wildman–Crippen LogP) is 4.25. The molecule has 0 radical (unpaired) electrons. The molecule has 0 bridgehead atoms. The first kappa shape index (κ1) is 23.0. The number of nitrogens with zero attached hydrogens (tertiary/aromatic N) is 2. The lowest BCUT2D eigenvalue weighted by Gasteiger charge is -2.35. The van der Waals surface area contributed by atoms with Gasteiger partial charge in [-0.3, -0.25) is 9.78 Å². The molecule has 3 aromatic rings. The van der Waals surface area contributed by atoms with E-state index in [4.69, 9.17) is 9.47 Å². The Hall–Kier alpha value is -3.13. The molecule has 0 aliphatic carbocycles. The number of hydrogen-bond acceptors (Lipinski definition) is 7. The van der Waals surface area contributed by atoms with E-state index >= 15 is 0 Å². The summed E-state index contributed by atoms with van der Waals surface area (Å²) in [5.41, 5.74) is 1.22. The quantitative estimate of drug-likeness (QED) is 0.479. The van der Waals surface area contributed by atoms with Gasteiger partial charge in [0.15, 0.2) is 0 Å². The van der Waals surface area contributed by atoms with Crippen molar-refractivity contribution in [2.45, 2.75) is 36.5 Å². The Bertz CT molecular complexity index is 1240. The molecule has 8 heteroatoms. The van der Waals surface area contributed by atoms with E-state index in [1.54, 1.807) is 37.3 Å². The van der Waals surface area contributed by atoms with Crippen LogP contribution < -0.4 is 9.64 Å². The van der Waals surface area contributed by atoms with Crippen LogP contribution in [-0.4, -0.2) is 45.7 Å². The fourth-order valence-corrected chi connectivity index (χ4v) is 5.73. The number of anilines is 1. The zero-order valence-corrected chi connectivity index (χ0v) is 19.7. The van der Waals surface area contributed by atoms with Gasteiger partial charge in [0, 0.05) is 24.7 Å². The molecule has 2 aromatic carbocycles. The molecule has 174 valence electrons. The van der Waals surface area contributed by atoms with Crippen LogP contribution in [0.1, 0.15) is 26.7 Å². The molecule has 0 amide bonds. The summed E-state index contributed by atoms with van der Waals surface area (Å²) in [6, 6.07) is 13.8. The minimum atomic E-state index is -3.84. The summed E-state index contributed by atoms with van der Waals surface area (Å²) < 4.78 is 38.3. The van der Waals surface area contributed by atoms with Gasteiger partial charge in [0.2, 0.25) is 9.84 Å². The highest BCUT2D eigenvalue weighted by Crippen LogP contribution is 2.39. The summed E-state index contributed by atoms with van der Waals surface area (Å²) >= 11 is 0. The van der Waals surface area contributed by atoms with Gasteiger partial charge in [-0.2, -0.15) is 0 Å². The SMILES string of the molecule is CCOC(=O)C1CCCN(c2c(S(=O)(=O)c3ccccc3)cnc3ccc(OCC)cc23)C1. The zero-order valence-electron chi connectivity index (χ0n) is 18.9. The second-order valence-corrected chi connectivity index (χ2v) is 9.85. The van der Waals surface area contributed by atoms with Crippen LogP contribution in [0.2, 0.25) is 0 Å². The molecule has 0 saturated carbocycles. The minimum Gasteiger partial charge on any atom is -0.494 e. The van der Waals surface area contributed by atoms with E-state index in [1.165, 1.54) is 6.20 Å². The number of carbonyl (C=O) groups excluding carboxylic acids is 1. The number of benzene rings is 2. The normalized spacial score (nSPS) is 16.5. The molecule has 1 fully saturated rings. The van der Waals surface area contributed by atoms with Gasteiger partial charge in [-0.25, -0.2) is 8.42 Å². The number of rotatable bonds is 7. The lowest BCUT2D eigenvalue weighted by atomic mass is 9.97. The second-order valence-electron chi connectivity index (χ2n) is 7.94. The minimum absolute atomic E-state index is 0.124. The van der Waals surface area contributed by atoms with Gasteiger partial charge in [0.1, 0.15) is 10.6 Å². The molecule has 1 aliphatic heterocycles. The summed E-state index contributed by atoms with van der Waals surface area (Å²) in [6.45, 7) is 5.51. The number of piperidine rings is 1. The first-order chi connectivity index (χ1) is 16.0. The summed E-state index contributed by atoms with van der Waals surface area (Å²) in [7, 11) is -3.84. The summed E-state index contributed by atoms with van der Waals surface area (Å²) in [5.74, 6) is 0.0774. The average molecular weight is 469 g/mol. The van der Waals surface area contributed by atoms with Crippen molar-refractivity contribution in [3.63, 3.8) is 0 Å². The van der Waals surface area contributed by atoms with Gasteiger partial charge >= 0.3 is 5.97 Å². The molecule has 1 aromatic heterocycles. The van der Waals surface area contributed by atoms with Crippen molar-refractivity contribution in [3.05, 3.63) is 54.7 Å². The number of aromatic nitrogens is 1. The third-order valence-electron chi connectivity index (χ3n) is 5.79. The van der Waals surface area contributed by atoms with E-state index < -0.39 is 9.84 Å². The maximum absolute atomic E-state index is 13.7. The van der Waals surface area contributed by atoms with Crippen LogP contribution in [0.25, 0.3) is 10.9 Å². The van der Waals surface area contributed by atoms with Gasteiger partial charge in [-0.05, 0) is 57.0 Å². The highest BCUT2D eigenvalue weighted by molar-refractivity contribution is 7.91. The van der Waals surface area contributed by atoms with Crippen LogP contribution in [0.4, 0.5) is 5.69 Å². The number of sulfone groups is 1. The van der Waals surface area contributed by atoms with Crippen LogP contribution >= 0.6 is 0 Å². The first-order valence-corrected chi connectivity index (χ1v) is 12.7. The third kappa shape index (κ3) is 4.66. The maximum Gasteiger partial charge on any atom is 0.310 e. The smallest absolute Gasteiger partial charge is 0.310 e. The molecule has 7 nitrogen and oxygen atoms in total. The van der Waals surface area contributed by atoms with E-state index in [0.717, 1.165) is 6.42 Å². The van der Waals surface area contributed by atoms with Gasteiger partial charge in [-0.15, -0.1) is 0 Å². The maximum atomic E-state index is 13.7. The molecule has 1 unspecified atom stereocenters. The highest BCUT2D eigenvalue weighted by atomic mass is 32.2. The summed E-state index contributed by atoms with van der Waals surface area (Å²) in [6.07, 6.45) is 2.89. The molecule has 33 heavy (non-hydrogen) atoms. The highest BCUT2D eigenvalue weighted by Gasteiger charge is 2.32. The van der Waals surface area contributed by atoms with Crippen molar-refractivity contribution < 1.29 is 22.7 Å². The van der Waals surface area contributed by atoms with E-state index in [2.05, 4.69) is 4.98 Å². The Morgan fingerprint density at radius 2 is 1.91 bits per heavy atom. The molecule has 1 aliphatic rings. The third-order valence-corrected chi connectivity index (χ3v) is 7.56. The van der Waals surface area contributed by atoms with E-state index in [9.17, 15) is 13.2 Å². The van der Waals surface area contributed by atoms with Gasteiger partial charge in [0.05, 0.1) is 35.2 Å². The van der Waals surface area contributed by atoms with Crippen LogP contribution in [0.3, 0.4) is 0 Å². The molecule has 2 heterocycles.